The highest BCUT2D eigenvalue weighted by Crippen LogP contribution is 2.58. The van der Waals surface area contributed by atoms with Crippen LogP contribution in [0, 0.1) is 17.3 Å². The van der Waals surface area contributed by atoms with Gasteiger partial charge in [-0.3, -0.25) is 0 Å². The van der Waals surface area contributed by atoms with Crippen LogP contribution >= 0.6 is 0 Å². The van der Waals surface area contributed by atoms with Crippen molar-refractivity contribution in [1.29, 1.82) is 0 Å². The SMILES string of the molecule is CC(C)(O)CCCCC1CCC2/C(=C/CN(N)/N=C(\N)c3ccccc3)CCCC12C. The summed E-state index contributed by atoms with van der Waals surface area (Å²) in [7, 11) is 0. The second-order valence-electron chi connectivity index (χ2n) is 10.5. The van der Waals surface area contributed by atoms with Crippen molar-refractivity contribution < 1.29 is 5.11 Å². The number of rotatable bonds is 9. The Bertz CT molecular complexity index is 767. The van der Waals surface area contributed by atoms with E-state index in [0.717, 1.165) is 24.3 Å². The monoisotopic (exact) mass is 426 g/mol. The molecule has 3 rings (SSSR count). The Morgan fingerprint density at radius 1 is 1.26 bits per heavy atom. The van der Waals surface area contributed by atoms with Crippen molar-refractivity contribution in [3.63, 3.8) is 0 Å². The van der Waals surface area contributed by atoms with E-state index in [4.69, 9.17) is 11.6 Å². The van der Waals surface area contributed by atoms with Gasteiger partial charge in [-0.15, -0.1) is 5.10 Å². The Balaban J connectivity index is 1.57. The first-order chi connectivity index (χ1) is 14.7. The number of nitrogens with two attached hydrogens (primary N) is 2. The quantitative estimate of drug-likeness (QED) is 0.130. The summed E-state index contributed by atoms with van der Waals surface area (Å²) in [5.74, 6) is 8.06. The number of hydrogen-bond donors (Lipinski definition) is 3. The van der Waals surface area contributed by atoms with E-state index in [9.17, 15) is 5.11 Å². The molecule has 5 nitrogen and oxygen atoms in total. The summed E-state index contributed by atoms with van der Waals surface area (Å²) in [6.07, 6.45) is 13.2. The molecule has 0 heterocycles. The highest BCUT2D eigenvalue weighted by atomic mass is 16.3. The zero-order chi connectivity index (χ0) is 22.5. The van der Waals surface area contributed by atoms with Gasteiger partial charge in [0.25, 0.3) is 0 Å². The predicted molar refractivity (Wildman–Crippen MR) is 129 cm³/mol. The lowest BCUT2D eigenvalue weighted by Gasteiger charge is -2.42. The van der Waals surface area contributed by atoms with Crippen LogP contribution in [-0.2, 0) is 0 Å². The minimum atomic E-state index is -0.538. The minimum Gasteiger partial charge on any atom is -0.390 e. The summed E-state index contributed by atoms with van der Waals surface area (Å²) in [5, 5.41) is 15.8. The second-order valence-corrected chi connectivity index (χ2v) is 10.5. The lowest BCUT2D eigenvalue weighted by atomic mass is 9.62. The molecule has 2 aliphatic carbocycles. The van der Waals surface area contributed by atoms with E-state index < -0.39 is 5.60 Å². The Kier molecular flexibility index (Phi) is 7.82. The Morgan fingerprint density at radius 3 is 2.71 bits per heavy atom. The number of amidine groups is 1. The molecule has 1 aromatic carbocycles. The van der Waals surface area contributed by atoms with Gasteiger partial charge in [-0.1, -0.05) is 61.7 Å². The average Bonchev–Trinajstić information content (AvgIpc) is 3.06. The highest BCUT2D eigenvalue weighted by Gasteiger charge is 2.48. The minimum absolute atomic E-state index is 0.407. The van der Waals surface area contributed by atoms with Gasteiger partial charge in [0, 0.05) is 5.56 Å². The predicted octanol–water partition coefficient (Wildman–Crippen LogP) is 4.96. The van der Waals surface area contributed by atoms with Crippen LogP contribution in [0.3, 0.4) is 0 Å². The molecule has 31 heavy (non-hydrogen) atoms. The number of allylic oxidation sites excluding steroid dienone is 1. The third-order valence-corrected chi connectivity index (χ3v) is 7.60. The van der Waals surface area contributed by atoms with Gasteiger partial charge in [-0.2, -0.15) is 0 Å². The fourth-order valence-electron chi connectivity index (χ4n) is 5.87. The maximum absolute atomic E-state index is 9.97. The molecular formula is C26H42N4O. The van der Waals surface area contributed by atoms with Crippen LogP contribution < -0.4 is 11.6 Å². The first-order valence-electron chi connectivity index (χ1n) is 12.0. The average molecular weight is 427 g/mol. The Labute approximate surface area is 188 Å². The summed E-state index contributed by atoms with van der Waals surface area (Å²) in [6, 6.07) is 9.74. The van der Waals surface area contributed by atoms with Crippen molar-refractivity contribution in [2.24, 2.45) is 33.9 Å². The van der Waals surface area contributed by atoms with Crippen LogP contribution in [0.15, 0.2) is 47.1 Å². The molecule has 0 bridgehead atoms. The van der Waals surface area contributed by atoms with E-state index >= 15 is 0 Å². The van der Waals surface area contributed by atoms with Crippen molar-refractivity contribution in [2.75, 3.05) is 6.54 Å². The Morgan fingerprint density at radius 2 is 2.00 bits per heavy atom. The number of hydrazine groups is 1. The van der Waals surface area contributed by atoms with Gasteiger partial charge in [-0.25, -0.2) is 11.0 Å². The van der Waals surface area contributed by atoms with Crippen LogP contribution in [0.1, 0.15) is 84.1 Å². The third-order valence-electron chi connectivity index (χ3n) is 7.60. The van der Waals surface area contributed by atoms with Crippen molar-refractivity contribution in [1.82, 2.24) is 5.12 Å². The lowest BCUT2D eigenvalue weighted by molar-refractivity contribution is 0.0659. The molecule has 0 saturated heterocycles. The van der Waals surface area contributed by atoms with Gasteiger partial charge in [0.2, 0.25) is 0 Å². The van der Waals surface area contributed by atoms with Gasteiger partial charge < -0.3 is 10.8 Å². The number of hydrazone groups is 1. The summed E-state index contributed by atoms with van der Waals surface area (Å²) < 4.78 is 0. The highest BCUT2D eigenvalue weighted by molar-refractivity contribution is 5.97. The number of unbranched alkanes of at least 4 members (excludes halogenated alkanes) is 1. The maximum Gasteiger partial charge on any atom is 0.152 e. The molecule has 3 unspecified atom stereocenters. The largest absolute Gasteiger partial charge is 0.390 e. The molecule has 0 radical (unpaired) electrons. The molecular weight excluding hydrogens is 384 g/mol. The molecule has 5 N–H and O–H groups in total. The van der Waals surface area contributed by atoms with Crippen molar-refractivity contribution in [3.8, 4) is 0 Å². The van der Waals surface area contributed by atoms with Crippen LogP contribution in [0.4, 0.5) is 0 Å². The fourth-order valence-corrected chi connectivity index (χ4v) is 5.87. The fraction of sp³-hybridized carbons (Fsp3) is 0.654. The summed E-state index contributed by atoms with van der Waals surface area (Å²) >= 11 is 0. The number of nitrogens with zero attached hydrogens (tertiary/aromatic N) is 2. The number of aliphatic hydroxyl groups is 1. The lowest BCUT2D eigenvalue weighted by Crippen LogP contribution is -2.34. The van der Waals surface area contributed by atoms with E-state index in [0.29, 0.717) is 23.7 Å². The first-order valence-corrected chi connectivity index (χ1v) is 12.0. The van der Waals surface area contributed by atoms with Crippen LogP contribution in [0.2, 0.25) is 0 Å². The zero-order valence-electron chi connectivity index (χ0n) is 19.7. The molecule has 2 fully saturated rings. The normalized spacial score (nSPS) is 28.0. The van der Waals surface area contributed by atoms with Gasteiger partial charge in [0.15, 0.2) is 5.84 Å². The number of benzene rings is 1. The molecule has 0 amide bonds. The van der Waals surface area contributed by atoms with Crippen LogP contribution in [0.5, 0.6) is 0 Å². The smallest absolute Gasteiger partial charge is 0.152 e. The zero-order valence-corrected chi connectivity index (χ0v) is 19.7. The van der Waals surface area contributed by atoms with Gasteiger partial charge in [0.05, 0.1) is 12.1 Å². The molecule has 2 saturated carbocycles. The van der Waals surface area contributed by atoms with E-state index in [1.165, 1.54) is 50.1 Å². The summed E-state index contributed by atoms with van der Waals surface area (Å²) in [6.45, 7) is 6.93. The number of fused-ring (bicyclic) bond motifs is 1. The maximum atomic E-state index is 9.97. The van der Waals surface area contributed by atoms with E-state index in [1.807, 2.05) is 44.2 Å². The topological polar surface area (TPSA) is 87.9 Å². The number of hydrogen-bond acceptors (Lipinski definition) is 4. The third kappa shape index (κ3) is 6.33. The first kappa shape index (κ1) is 23.8. The molecule has 2 aliphatic rings. The standard InChI is InChI=1S/C26H42N4O/c1-25(2,31)17-8-7-13-22-14-15-23-20(12-9-18-26(22,23)3)16-19-30(28)29-24(27)21-10-5-4-6-11-21/h4-6,10-11,16,22-23,31H,7-9,12-15,17-19,28H2,1-3H3,(H2,27,29)/b20-16+. The molecule has 1 aromatic rings. The van der Waals surface area contributed by atoms with Crippen molar-refractivity contribution in [3.05, 3.63) is 47.5 Å². The molecule has 0 aromatic heterocycles. The van der Waals surface area contributed by atoms with Crippen molar-refractivity contribution >= 4 is 5.84 Å². The van der Waals surface area contributed by atoms with Crippen LogP contribution in [-0.4, -0.2) is 28.2 Å². The van der Waals surface area contributed by atoms with Gasteiger partial charge in [0.1, 0.15) is 0 Å². The molecule has 5 heteroatoms. The van der Waals surface area contributed by atoms with E-state index in [2.05, 4.69) is 18.1 Å². The Hall–Kier alpha value is -1.85. The van der Waals surface area contributed by atoms with Crippen molar-refractivity contribution in [2.45, 2.75) is 84.2 Å². The van der Waals surface area contributed by atoms with Gasteiger partial charge >= 0.3 is 0 Å². The summed E-state index contributed by atoms with van der Waals surface area (Å²) in [5.41, 5.74) is 8.43. The van der Waals surface area contributed by atoms with E-state index in [1.54, 1.807) is 5.57 Å². The molecule has 172 valence electrons. The second kappa shape index (κ2) is 10.2. The van der Waals surface area contributed by atoms with E-state index in [-0.39, 0.29) is 0 Å². The summed E-state index contributed by atoms with van der Waals surface area (Å²) in [4.78, 5) is 0. The molecule has 0 aliphatic heterocycles. The van der Waals surface area contributed by atoms with Crippen LogP contribution in [0.25, 0.3) is 0 Å². The van der Waals surface area contributed by atoms with Gasteiger partial charge in [-0.05, 0) is 76.0 Å². The molecule has 3 atom stereocenters. The molecule has 0 spiro atoms.